The molecule has 1 aliphatic heterocycles. The van der Waals surface area contributed by atoms with Crippen molar-refractivity contribution < 1.29 is 4.79 Å². The van der Waals surface area contributed by atoms with E-state index >= 15 is 0 Å². The zero-order valence-electron chi connectivity index (χ0n) is 10.4. The quantitative estimate of drug-likeness (QED) is 0.864. The third kappa shape index (κ3) is 2.86. The summed E-state index contributed by atoms with van der Waals surface area (Å²) in [4.78, 5) is 13.9. The molecule has 1 fully saturated rings. The monoisotopic (exact) mass is 232 g/mol. The standard InChI is InChI=1S/C14H20N2O/c1-2-15-11-12-7-3-4-8-13(12)16-10-6-5-9-14(16)17/h3-4,7-8,15H,2,5-6,9-11H2,1H3. The van der Waals surface area contributed by atoms with Gasteiger partial charge in [-0.3, -0.25) is 4.79 Å². The summed E-state index contributed by atoms with van der Waals surface area (Å²) in [6, 6.07) is 8.19. The second-order valence-corrected chi connectivity index (χ2v) is 4.41. The maximum atomic E-state index is 11.9. The Morgan fingerprint density at radius 2 is 2.12 bits per heavy atom. The fourth-order valence-corrected chi connectivity index (χ4v) is 2.24. The van der Waals surface area contributed by atoms with Crippen LogP contribution in [0.5, 0.6) is 0 Å². The summed E-state index contributed by atoms with van der Waals surface area (Å²) in [5.74, 6) is 0.264. The first-order valence-electron chi connectivity index (χ1n) is 6.42. The zero-order chi connectivity index (χ0) is 12.1. The van der Waals surface area contributed by atoms with E-state index in [0.29, 0.717) is 6.42 Å². The Kier molecular flexibility index (Phi) is 4.15. The Balaban J connectivity index is 2.20. The molecule has 1 N–H and O–H groups in total. The third-order valence-corrected chi connectivity index (χ3v) is 3.17. The van der Waals surface area contributed by atoms with Crippen LogP contribution in [0.15, 0.2) is 24.3 Å². The van der Waals surface area contributed by atoms with Crippen molar-refractivity contribution in [3.8, 4) is 0 Å². The minimum atomic E-state index is 0.264. The lowest BCUT2D eigenvalue weighted by molar-refractivity contribution is -0.119. The van der Waals surface area contributed by atoms with E-state index in [1.807, 2.05) is 17.0 Å². The molecule has 0 aliphatic carbocycles. The summed E-state index contributed by atoms with van der Waals surface area (Å²) in [7, 11) is 0. The Morgan fingerprint density at radius 3 is 2.88 bits per heavy atom. The minimum Gasteiger partial charge on any atom is -0.313 e. The van der Waals surface area contributed by atoms with Gasteiger partial charge in [-0.05, 0) is 31.0 Å². The number of benzene rings is 1. The van der Waals surface area contributed by atoms with Gasteiger partial charge in [0, 0.05) is 25.2 Å². The highest BCUT2D eigenvalue weighted by Crippen LogP contribution is 2.24. The Hall–Kier alpha value is -1.35. The molecule has 17 heavy (non-hydrogen) atoms. The smallest absolute Gasteiger partial charge is 0.226 e. The topological polar surface area (TPSA) is 32.3 Å². The summed E-state index contributed by atoms with van der Waals surface area (Å²) in [5, 5.41) is 3.32. The van der Waals surface area contributed by atoms with Crippen molar-refractivity contribution >= 4 is 11.6 Å². The molecule has 1 aromatic rings. The SMILES string of the molecule is CCNCc1ccccc1N1CCCCC1=O. The van der Waals surface area contributed by atoms with Gasteiger partial charge in [-0.15, -0.1) is 0 Å². The number of anilines is 1. The molecule has 1 amide bonds. The first-order chi connectivity index (χ1) is 8.33. The second-order valence-electron chi connectivity index (χ2n) is 4.41. The van der Waals surface area contributed by atoms with Gasteiger partial charge >= 0.3 is 0 Å². The molecule has 1 saturated heterocycles. The van der Waals surface area contributed by atoms with Gasteiger partial charge in [0.05, 0.1) is 0 Å². The van der Waals surface area contributed by atoms with E-state index in [4.69, 9.17) is 0 Å². The van der Waals surface area contributed by atoms with Crippen LogP contribution in [0, 0.1) is 0 Å². The van der Waals surface area contributed by atoms with E-state index < -0.39 is 0 Å². The van der Waals surface area contributed by atoms with Gasteiger partial charge in [-0.25, -0.2) is 0 Å². The van der Waals surface area contributed by atoms with Crippen LogP contribution >= 0.6 is 0 Å². The Bertz CT molecular complexity index is 390. The molecular weight excluding hydrogens is 212 g/mol. The zero-order valence-corrected chi connectivity index (χ0v) is 10.4. The van der Waals surface area contributed by atoms with Gasteiger partial charge in [0.2, 0.25) is 5.91 Å². The molecule has 0 unspecified atom stereocenters. The average molecular weight is 232 g/mol. The van der Waals surface area contributed by atoms with Crippen LogP contribution in [0.1, 0.15) is 31.7 Å². The summed E-state index contributed by atoms with van der Waals surface area (Å²) < 4.78 is 0. The van der Waals surface area contributed by atoms with Crippen molar-refractivity contribution in [1.82, 2.24) is 5.32 Å². The number of piperidine rings is 1. The number of rotatable bonds is 4. The van der Waals surface area contributed by atoms with E-state index in [1.54, 1.807) is 0 Å². The number of nitrogens with zero attached hydrogens (tertiary/aromatic N) is 1. The summed E-state index contributed by atoms with van der Waals surface area (Å²) in [5.41, 5.74) is 2.29. The molecule has 3 nitrogen and oxygen atoms in total. The Labute approximate surface area is 103 Å². The molecule has 3 heteroatoms. The molecular formula is C14H20N2O. The first-order valence-corrected chi connectivity index (χ1v) is 6.42. The number of hydrogen-bond acceptors (Lipinski definition) is 2. The average Bonchev–Trinajstić information content (AvgIpc) is 2.37. The molecule has 0 bridgehead atoms. The fraction of sp³-hybridized carbons (Fsp3) is 0.500. The minimum absolute atomic E-state index is 0.264. The number of amides is 1. The van der Waals surface area contributed by atoms with Gasteiger partial charge in [-0.1, -0.05) is 25.1 Å². The molecule has 0 spiro atoms. The molecule has 0 saturated carbocycles. The summed E-state index contributed by atoms with van der Waals surface area (Å²) in [6.07, 6.45) is 2.83. The van der Waals surface area contributed by atoms with E-state index in [0.717, 1.165) is 38.2 Å². The largest absolute Gasteiger partial charge is 0.313 e. The molecule has 0 aromatic heterocycles. The van der Waals surface area contributed by atoms with Crippen molar-refractivity contribution in [3.63, 3.8) is 0 Å². The van der Waals surface area contributed by atoms with E-state index in [1.165, 1.54) is 5.56 Å². The maximum absolute atomic E-state index is 11.9. The van der Waals surface area contributed by atoms with Gasteiger partial charge in [0.1, 0.15) is 0 Å². The van der Waals surface area contributed by atoms with Crippen molar-refractivity contribution in [3.05, 3.63) is 29.8 Å². The van der Waals surface area contributed by atoms with Crippen LogP contribution < -0.4 is 10.2 Å². The lowest BCUT2D eigenvalue weighted by atomic mass is 10.1. The number of hydrogen-bond donors (Lipinski definition) is 1. The molecule has 1 aromatic carbocycles. The molecule has 92 valence electrons. The number of nitrogens with one attached hydrogen (secondary N) is 1. The molecule has 0 radical (unpaired) electrons. The highest BCUT2D eigenvalue weighted by Gasteiger charge is 2.21. The van der Waals surface area contributed by atoms with Gasteiger partial charge in [0.15, 0.2) is 0 Å². The van der Waals surface area contributed by atoms with Crippen molar-refractivity contribution in [1.29, 1.82) is 0 Å². The van der Waals surface area contributed by atoms with Gasteiger partial charge < -0.3 is 10.2 Å². The van der Waals surface area contributed by atoms with Gasteiger partial charge in [-0.2, -0.15) is 0 Å². The van der Waals surface area contributed by atoms with Crippen LogP contribution in [0.25, 0.3) is 0 Å². The Morgan fingerprint density at radius 1 is 1.29 bits per heavy atom. The van der Waals surface area contributed by atoms with E-state index in [2.05, 4.69) is 24.4 Å². The second kappa shape index (κ2) is 5.82. The lowest BCUT2D eigenvalue weighted by Crippen LogP contribution is -2.36. The molecule has 0 atom stereocenters. The van der Waals surface area contributed by atoms with Crippen molar-refractivity contribution in [2.45, 2.75) is 32.7 Å². The molecule has 1 aliphatic rings. The summed E-state index contributed by atoms with van der Waals surface area (Å²) >= 11 is 0. The highest BCUT2D eigenvalue weighted by atomic mass is 16.2. The van der Waals surface area contributed by atoms with Crippen molar-refractivity contribution in [2.75, 3.05) is 18.0 Å². The van der Waals surface area contributed by atoms with Crippen LogP contribution in [0.2, 0.25) is 0 Å². The van der Waals surface area contributed by atoms with Crippen molar-refractivity contribution in [2.24, 2.45) is 0 Å². The number of para-hydroxylation sites is 1. The summed E-state index contributed by atoms with van der Waals surface area (Å²) in [6.45, 7) is 4.73. The van der Waals surface area contributed by atoms with Crippen LogP contribution in [0.4, 0.5) is 5.69 Å². The predicted octanol–water partition coefficient (Wildman–Crippen LogP) is 2.31. The number of carbonyl (C=O) groups excluding carboxylic acids is 1. The first kappa shape index (κ1) is 12.1. The molecule has 1 heterocycles. The predicted molar refractivity (Wildman–Crippen MR) is 70.0 cm³/mol. The van der Waals surface area contributed by atoms with E-state index in [-0.39, 0.29) is 5.91 Å². The highest BCUT2D eigenvalue weighted by molar-refractivity contribution is 5.94. The normalized spacial score (nSPS) is 16.3. The third-order valence-electron chi connectivity index (χ3n) is 3.17. The van der Waals surface area contributed by atoms with Gasteiger partial charge in [0.25, 0.3) is 0 Å². The van der Waals surface area contributed by atoms with Crippen LogP contribution in [-0.2, 0) is 11.3 Å². The maximum Gasteiger partial charge on any atom is 0.226 e. The fourth-order valence-electron chi connectivity index (χ4n) is 2.24. The molecule has 2 rings (SSSR count). The van der Waals surface area contributed by atoms with Crippen LogP contribution in [0.3, 0.4) is 0 Å². The number of carbonyl (C=O) groups is 1. The van der Waals surface area contributed by atoms with Crippen LogP contribution in [-0.4, -0.2) is 19.0 Å². The lowest BCUT2D eigenvalue weighted by Gasteiger charge is -2.28. The van der Waals surface area contributed by atoms with E-state index in [9.17, 15) is 4.79 Å².